The molecule has 0 bridgehead atoms. The number of nitrogens with zero attached hydrogens (tertiary/aromatic N) is 7. The van der Waals surface area contributed by atoms with E-state index in [9.17, 15) is 0 Å². The number of hydrogen-bond donors (Lipinski definition) is 1. The van der Waals surface area contributed by atoms with Crippen molar-refractivity contribution in [2.45, 2.75) is 6.42 Å². The number of morpholine rings is 1. The molecule has 1 saturated heterocycles. The van der Waals surface area contributed by atoms with Crippen molar-refractivity contribution in [3.8, 4) is 6.01 Å². The van der Waals surface area contributed by atoms with Crippen molar-refractivity contribution in [2.75, 3.05) is 43.2 Å². The first kappa shape index (κ1) is 19.6. The Morgan fingerprint density at radius 1 is 1.17 bits per heavy atom. The van der Waals surface area contributed by atoms with Gasteiger partial charge in [-0.3, -0.25) is 10.4 Å². The van der Waals surface area contributed by atoms with Crippen molar-refractivity contribution < 1.29 is 9.47 Å². The third kappa shape index (κ3) is 5.67. The summed E-state index contributed by atoms with van der Waals surface area (Å²) in [6.07, 6.45) is 8.87. The number of aromatic nitrogens is 5. The van der Waals surface area contributed by atoms with E-state index in [0.717, 1.165) is 30.2 Å². The molecule has 1 fully saturated rings. The summed E-state index contributed by atoms with van der Waals surface area (Å²) in [6.45, 7) is 3.26. The highest BCUT2D eigenvalue weighted by atomic mass is 16.5. The lowest BCUT2D eigenvalue weighted by molar-refractivity contribution is 0.122. The average molecular weight is 406 g/mol. The minimum atomic E-state index is 0.288. The Balaban J connectivity index is 1.46. The third-order valence-corrected chi connectivity index (χ3v) is 4.32. The molecule has 3 aromatic rings. The van der Waals surface area contributed by atoms with Gasteiger partial charge in [-0.25, -0.2) is 9.97 Å². The summed E-state index contributed by atoms with van der Waals surface area (Å²) >= 11 is 0. The van der Waals surface area contributed by atoms with E-state index < -0.39 is 0 Å². The molecule has 0 atom stereocenters. The van der Waals surface area contributed by atoms with E-state index in [1.807, 2.05) is 24.3 Å². The van der Waals surface area contributed by atoms with Crippen LogP contribution >= 0.6 is 0 Å². The highest BCUT2D eigenvalue weighted by Gasteiger charge is 2.15. The van der Waals surface area contributed by atoms with Gasteiger partial charge in [-0.1, -0.05) is 6.07 Å². The number of hydrogen-bond acceptors (Lipinski definition) is 10. The summed E-state index contributed by atoms with van der Waals surface area (Å²) in [5.74, 6) is 1.30. The van der Waals surface area contributed by atoms with Crippen LogP contribution in [-0.2, 0) is 11.2 Å². The lowest BCUT2D eigenvalue weighted by Crippen LogP contribution is -2.36. The molecule has 1 N–H and O–H groups in total. The fourth-order valence-corrected chi connectivity index (χ4v) is 2.83. The van der Waals surface area contributed by atoms with E-state index in [-0.39, 0.29) is 6.01 Å². The van der Waals surface area contributed by atoms with Gasteiger partial charge in [-0.2, -0.15) is 15.1 Å². The van der Waals surface area contributed by atoms with Crippen LogP contribution in [0.3, 0.4) is 0 Å². The quantitative estimate of drug-likeness (QED) is 0.440. The van der Waals surface area contributed by atoms with Crippen LogP contribution in [0.4, 0.5) is 11.6 Å². The van der Waals surface area contributed by atoms with Crippen LogP contribution in [-0.4, -0.2) is 64.0 Å². The van der Waals surface area contributed by atoms with Gasteiger partial charge in [-0.05, 0) is 12.1 Å². The van der Waals surface area contributed by atoms with Crippen LogP contribution in [0.25, 0.3) is 0 Å². The Kier molecular flexibility index (Phi) is 6.69. The van der Waals surface area contributed by atoms with Crippen molar-refractivity contribution in [1.29, 1.82) is 0 Å². The molecule has 0 amide bonds. The molecule has 0 radical (unpaired) electrons. The van der Waals surface area contributed by atoms with Crippen molar-refractivity contribution in [1.82, 2.24) is 24.9 Å². The molecular formula is C20H22N8O2. The van der Waals surface area contributed by atoms with Gasteiger partial charge in [0.2, 0.25) is 0 Å². The fraction of sp³-hybridized carbons (Fsp3) is 0.300. The predicted molar refractivity (Wildman–Crippen MR) is 112 cm³/mol. The largest absolute Gasteiger partial charge is 0.463 e. The second-order valence-corrected chi connectivity index (χ2v) is 6.45. The Bertz CT molecular complexity index is 950. The number of pyridine rings is 1. The summed E-state index contributed by atoms with van der Waals surface area (Å²) in [5, 5.41) is 4.21. The molecule has 1 aliphatic heterocycles. The van der Waals surface area contributed by atoms with Gasteiger partial charge in [0, 0.05) is 55.4 Å². The first-order valence-corrected chi connectivity index (χ1v) is 9.65. The number of nitrogens with one attached hydrogen (secondary N) is 1. The fourth-order valence-electron chi connectivity index (χ4n) is 2.83. The normalized spacial score (nSPS) is 14.1. The van der Waals surface area contributed by atoms with Gasteiger partial charge in [-0.15, -0.1) is 0 Å². The first-order valence-electron chi connectivity index (χ1n) is 9.65. The van der Waals surface area contributed by atoms with Crippen molar-refractivity contribution in [2.24, 2.45) is 5.10 Å². The number of rotatable bonds is 8. The topological polar surface area (TPSA) is 111 Å². The summed E-state index contributed by atoms with van der Waals surface area (Å²) in [5.41, 5.74) is 4.66. The summed E-state index contributed by atoms with van der Waals surface area (Å²) < 4.78 is 11.2. The van der Waals surface area contributed by atoms with Gasteiger partial charge in [0.25, 0.3) is 0 Å². The van der Waals surface area contributed by atoms with Crippen molar-refractivity contribution in [3.05, 3.63) is 60.4 Å². The minimum absolute atomic E-state index is 0.288. The monoisotopic (exact) mass is 406 g/mol. The molecule has 0 unspecified atom stereocenters. The molecule has 0 aromatic carbocycles. The van der Waals surface area contributed by atoms with E-state index in [2.05, 4.69) is 40.3 Å². The van der Waals surface area contributed by atoms with Crippen LogP contribution < -0.4 is 15.1 Å². The number of anilines is 2. The maximum absolute atomic E-state index is 5.81. The molecule has 4 heterocycles. The van der Waals surface area contributed by atoms with Crippen LogP contribution in [0.2, 0.25) is 0 Å². The maximum atomic E-state index is 5.81. The zero-order chi connectivity index (χ0) is 20.4. The molecule has 0 spiro atoms. The van der Waals surface area contributed by atoms with Crippen molar-refractivity contribution >= 4 is 17.9 Å². The number of ether oxygens (including phenoxy) is 2. The van der Waals surface area contributed by atoms with Crippen LogP contribution in [0.1, 0.15) is 11.3 Å². The van der Waals surface area contributed by atoms with E-state index in [1.54, 1.807) is 24.8 Å². The van der Waals surface area contributed by atoms with Gasteiger partial charge in [0.15, 0.2) is 5.82 Å². The molecule has 10 heteroatoms. The van der Waals surface area contributed by atoms with E-state index in [4.69, 9.17) is 9.47 Å². The zero-order valence-corrected chi connectivity index (χ0v) is 16.4. The summed E-state index contributed by atoms with van der Waals surface area (Å²) in [4.78, 5) is 23.3. The second kappa shape index (κ2) is 10.2. The van der Waals surface area contributed by atoms with Gasteiger partial charge in [0.05, 0.1) is 26.0 Å². The van der Waals surface area contributed by atoms with Gasteiger partial charge >= 0.3 is 6.01 Å². The van der Waals surface area contributed by atoms with Gasteiger partial charge in [0.1, 0.15) is 12.1 Å². The molecular weight excluding hydrogens is 384 g/mol. The Hall–Kier alpha value is -3.66. The Morgan fingerprint density at radius 2 is 2.03 bits per heavy atom. The smallest absolute Gasteiger partial charge is 0.320 e. The van der Waals surface area contributed by atoms with Crippen LogP contribution in [0.15, 0.2) is 54.3 Å². The maximum Gasteiger partial charge on any atom is 0.320 e. The second-order valence-electron chi connectivity index (χ2n) is 6.45. The molecule has 3 aromatic heterocycles. The van der Waals surface area contributed by atoms with Crippen molar-refractivity contribution in [3.63, 3.8) is 0 Å². The van der Waals surface area contributed by atoms with E-state index >= 15 is 0 Å². The van der Waals surface area contributed by atoms with E-state index in [1.165, 1.54) is 6.33 Å². The third-order valence-electron chi connectivity index (χ3n) is 4.32. The minimum Gasteiger partial charge on any atom is -0.463 e. The lowest BCUT2D eigenvalue weighted by Gasteiger charge is -2.28. The van der Waals surface area contributed by atoms with Crippen LogP contribution in [0, 0.1) is 0 Å². The molecule has 0 saturated carbocycles. The van der Waals surface area contributed by atoms with E-state index in [0.29, 0.717) is 32.1 Å². The first-order chi connectivity index (χ1) is 14.9. The highest BCUT2D eigenvalue weighted by molar-refractivity contribution is 5.79. The van der Waals surface area contributed by atoms with Gasteiger partial charge < -0.3 is 14.4 Å². The molecule has 154 valence electrons. The average Bonchev–Trinajstić information content (AvgIpc) is 2.81. The Labute approximate surface area is 174 Å². The standard InChI is InChI=1S/C20H22N8O2/c1-2-5-23-17(3-1)4-8-30-20-25-18(27-24-14-16-12-21-15-22-13-16)11-19(26-20)28-6-9-29-10-7-28/h1-3,5,11-15H,4,6-10H2,(H,25,26,27)/b24-14+. The molecule has 30 heavy (non-hydrogen) atoms. The number of hydrazone groups is 1. The summed E-state index contributed by atoms with van der Waals surface area (Å²) in [6, 6.07) is 7.93. The summed E-state index contributed by atoms with van der Waals surface area (Å²) in [7, 11) is 0. The molecule has 1 aliphatic rings. The van der Waals surface area contributed by atoms with Crippen LogP contribution in [0.5, 0.6) is 6.01 Å². The Morgan fingerprint density at radius 3 is 2.83 bits per heavy atom. The molecule has 0 aliphatic carbocycles. The molecule has 4 rings (SSSR count). The lowest BCUT2D eigenvalue weighted by atomic mass is 10.3. The highest BCUT2D eigenvalue weighted by Crippen LogP contribution is 2.20. The predicted octanol–water partition coefficient (Wildman–Crippen LogP) is 1.57. The molecule has 10 nitrogen and oxygen atoms in total. The zero-order valence-electron chi connectivity index (χ0n) is 16.4. The SMILES string of the molecule is C(=N\Nc1cc(N2CCOCC2)nc(OCCc2ccccn2)n1)/c1cncnc1.